The van der Waals surface area contributed by atoms with Crippen molar-refractivity contribution in [1.29, 1.82) is 0 Å². The lowest BCUT2D eigenvalue weighted by atomic mass is 9.33. The maximum absolute atomic E-state index is 2.81. The van der Waals surface area contributed by atoms with E-state index in [2.05, 4.69) is 525 Å². The molecule has 21 aromatic rings. The zero-order chi connectivity index (χ0) is 95.0. The third-order valence-corrected chi connectivity index (χ3v) is 30.0. The fourth-order valence-corrected chi connectivity index (χ4v) is 22.5. The minimum Gasteiger partial charge on any atom is -0.310 e. The highest BCUT2D eigenvalue weighted by Crippen LogP contribution is 2.58. The molecule has 0 aliphatic carbocycles. The topological polar surface area (TPSA) is 26.2 Å². The van der Waals surface area contributed by atoms with Crippen molar-refractivity contribution in [2.45, 2.75) is 183 Å². The van der Waals surface area contributed by atoms with Crippen LogP contribution in [0.4, 0.5) is 34.1 Å². The van der Waals surface area contributed by atoms with Gasteiger partial charge in [0.15, 0.2) is 0 Å². The summed E-state index contributed by atoms with van der Waals surface area (Å²) in [6.45, 7) is 49.4. The molecule has 23 rings (SSSR count). The number of para-hydroxylation sites is 6. The minimum absolute atomic E-state index is 0.104. The second-order valence-corrected chi connectivity index (χ2v) is 46.2. The van der Waals surface area contributed by atoms with Crippen LogP contribution in [0, 0.1) is 0 Å². The average Bonchev–Trinajstić information content (AvgIpc) is 1.02. The number of aromatic nitrogens is 4. The molecule has 0 radical (unpaired) electrons. The maximum atomic E-state index is 2.81. The van der Waals surface area contributed by atoms with Crippen LogP contribution in [-0.2, 0) is 37.9 Å². The number of benzene rings is 17. The van der Waals surface area contributed by atoms with Gasteiger partial charge in [0, 0.05) is 111 Å². The summed E-state index contributed by atoms with van der Waals surface area (Å²) in [6.07, 6.45) is 0. The first-order valence-corrected chi connectivity index (χ1v) is 49.3. The van der Waals surface area contributed by atoms with Crippen molar-refractivity contribution in [3.63, 3.8) is 0 Å². The van der Waals surface area contributed by atoms with E-state index < -0.39 is 5.41 Å². The lowest BCUT2D eigenvalue weighted by molar-refractivity contribution is 0.589. The zero-order valence-corrected chi connectivity index (χ0v) is 83.2. The number of fused-ring (bicyclic) bond motifs is 18. The van der Waals surface area contributed by atoms with Crippen molar-refractivity contribution in [3.05, 3.63) is 391 Å². The van der Waals surface area contributed by atoms with Gasteiger partial charge in [0.25, 0.3) is 6.71 Å². The Labute approximate surface area is 808 Å². The zero-order valence-electron chi connectivity index (χ0n) is 83.2. The van der Waals surface area contributed by atoms with E-state index in [1.165, 1.54) is 98.4 Å². The number of rotatable bonds is 10. The van der Waals surface area contributed by atoms with Crippen LogP contribution in [0.15, 0.2) is 352 Å². The van der Waals surface area contributed by atoms with Gasteiger partial charge in [-0.25, -0.2) is 0 Å². The van der Waals surface area contributed by atoms with E-state index in [0.717, 1.165) is 146 Å². The molecular weight excluding hydrogens is 1660 g/mol. The molecule has 0 atom stereocenters. The predicted molar refractivity (Wildman–Crippen MR) is 590 cm³/mol. The van der Waals surface area contributed by atoms with Gasteiger partial charge in [-0.05, 0) is 225 Å². The molecule has 0 bridgehead atoms. The van der Waals surface area contributed by atoms with Crippen molar-refractivity contribution in [2.75, 3.05) is 9.80 Å². The fourth-order valence-electron chi connectivity index (χ4n) is 22.5. The normalized spacial score (nSPS) is 13.4. The Morgan fingerprint density at radius 3 is 0.672 bits per heavy atom. The molecule has 137 heavy (non-hydrogen) atoms. The van der Waals surface area contributed by atoms with Crippen LogP contribution in [0.1, 0.15) is 184 Å². The van der Waals surface area contributed by atoms with Gasteiger partial charge in [-0.1, -0.05) is 388 Å². The Hall–Kier alpha value is -14.4. The van der Waals surface area contributed by atoms with E-state index in [9.17, 15) is 0 Å². The Kier molecular flexibility index (Phi) is 19.7. The predicted octanol–water partition coefficient (Wildman–Crippen LogP) is 33.9. The van der Waals surface area contributed by atoms with Crippen LogP contribution in [0.2, 0.25) is 0 Å². The molecule has 0 spiro atoms. The first-order valence-electron chi connectivity index (χ1n) is 49.3. The van der Waals surface area contributed by atoms with Crippen LogP contribution in [0.5, 0.6) is 0 Å². The molecule has 7 heteroatoms. The summed E-state index contributed by atoms with van der Waals surface area (Å²) < 4.78 is 10.3. The maximum Gasteiger partial charge on any atom is 0.252 e. The number of nitrogens with zero attached hydrogens (tertiary/aromatic N) is 6. The fraction of sp³-hybridized carbons (Fsp3) is 0.215. The molecule has 6 nitrogen and oxygen atoms in total. The van der Waals surface area contributed by atoms with Gasteiger partial charge < -0.3 is 28.1 Å². The van der Waals surface area contributed by atoms with Crippen LogP contribution in [0.3, 0.4) is 0 Å². The molecule has 0 saturated carbocycles. The van der Waals surface area contributed by atoms with E-state index in [0.29, 0.717) is 0 Å². The number of hydrogen-bond donors (Lipinski definition) is 0. The number of hydrogen-bond acceptors (Lipinski definition) is 2. The third kappa shape index (κ3) is 14.1. The Balaban J connectivity index is 0.921. The van der Waals surface area contributed by atoms with Crippen molar-refractivity contribution in [1.82, 2.24) is 18.3 Å². The van der Waals surface area contributed by atoms with Crippen molar-refractivity contribution >= 4 is 144 Å². The molecular formula is C130H121BN6. The highest BCUT2D eigenvalue weighted by molar-refractivity contribution is 7.00. The van der Waals surface area contributed by atoms with Crippen molar-refractivity contribution in [3.8, 4) is 67.3 Å². The van der Waals surface area contributed by atoms with Gasteiger partial charge in [-0.15, -0.1) is 0 Å². The SMILES string of the molecule is CC(C)(C)c1ccc(-c2cc(C(C)(C)C)cc(-c3ccc(C(C)(C)C)cc3)c2N2c3cc(-n4c5ccccc5c5ccc6c7ccccc7n(-c7ccccc7)c6c54)ccc3B3c4ccc(-n5c6ccccc6c6ccc7c8ccccc8n(-c8ccccc8)c7c65)cc4N(c4c(-c5ccc(C(C)(C)C)cc5)cc(C(C)(C)C)cc4-c4ccc(C(C)(C)C)cc4)c4cc(C(C)(C)C)cc2c43)cc1. The first kappa shape index (κ1) is 86.7. The molecule has 2 aliphatic heterocycles. The molecule has 0 fully saturated rings. The minimum atomic E-state index is -0.430. The number of anilines is 6. The van der Waals surface area contributed by atoms with Crippen molar-refractivity contribution in [2.24, 2.45) is 0 Å². The summed E-state index contributed by atoms with van der Waals surface area (Å²) in [5.74, 6) is 0. The smallest absolute Gasteiger partial charge is 0.252 e. The Morgan fingerprint density at radius 2 is 0.416 bits per heavy atom. The summed E-state index contributed by atoms with van der Waals surface area (Å²) >= 11 is 0. The Bertz CT molecular complexity index is 7850. The monoisotopic (exact) mass is 1780 g/mol. The Morgan fingerprint density at radius 1 is 0.182 bits per heavy atom. The standard InChI is InChI=1S/C130H121BN6/c1-124(2,3)84-56-48-80(49-57-84)103-72-88(128(13,14)15)73-104(81-50-58-85(59-51-81)125(4,5)6)118(103)136-113-78-93(134-111-46-34-30-42-97(111)101-68-66-99-95-40-28-32-44-109(95)132(120(99)122(101)134)91-36-24-22-25-37-91)64-70-107(113)131-108-71-65-94(135-112-47-35-31-43-98(112)102-69-67-100-96-41-29-33-45-110(96)133(121(100)123(102)135)92-38-26-23-27-39-92)79-114(108)137(116-77-90(130(19,20)21)76-115(136)117(116)131)119-105(82-52-60-86(61-53-82)126(7,8)9)74-89(129(16,17)18)75-106(119)83-54-62-87(63-55-83)127(10,11)12/h22-79H,1-21H3. The first-order chi connectivity index (χ1) is 65.4. The molecule has 674 valence electrons. The van der Waals surface area contributed by atoms with E-state index in [1.54, 1.807) is 0 Å². The lowest BCUT2D eigenvalue weighted by Gasteiger charge is -2.47. The van der Waals surface area contributed by atoms with Crippen LogP contribution >= 0.6 is 0 Å². The molecule has 6 heterocycles. The van der Waals surface area contributed by atoms with Crippen LogP contribution in [-0.4, -0.2) is 25.0 Å². The van der Waals surface area contributed by atoms with E-state index >= 15 is 0 Å². The van der Waals surface area contributed by atoms with Crippen LogP contribution in [0.25, 0.3) is 154 Å². The molecule has 4 aromatic heterocycles. The van der Waals surface area contributed by atoms with E-state index in [-0.39, 0.29) is 39.2 Å². The van der Waals surface area contributed by atoms with Gasteiger partial charge in [0.2, 0.25) is 0 Å². The highest BCUT2D eigenvalue weighted by Gasteiger charge is 2.48. The second-order valence-electron chi connectivity index (χ2n) is 46.2. The van der Waals surface area contributed by atoms with Gasteiger partial charge in [0.1, 0.15) is 0 Å². The summed E-state index contributed by atoms with van der Waals surface area (Å²) in [4.78, 5) is 5.63. The van der Waals surface area contributed by atoms with Gasteiger partial charge in [-0.3, -0.25) is 0 Å². The van der Waals surface area contributed by atoms with E-state index in [1.807, 2.05) is 0 Å². The van der Waals surface area contributed by atoms with Gasteiger partial charge >= 0.3 is 0 Å². The average molecular weight is 1780 g/mol. The largest absolute Gasteiger partial charge is 0.310 e. The molecule has 17 aromatic carbocycles. The summed E-state index contributed by atoms with van der Waals surface area (Å²) in [6, 6.07) is 138. The quantitative estimate of drug-likeness (QED) is 0.128. The highest BCUT2D eigenvalue weighted by atomic mass is 15.2. The summed E-state index contributed by atoms with van der Waals surface area (Å²) in [5, 5.41) is 9.61. The molecule has 0 saturated heterocycles. The molecule has 2 aliphatic rings. The molecule has 0 amide bonds. The van der Waals surface area contributed by atoms with Crippen molar-refractivity contribution < 1.29 is 0 Å². The van der Waals surface area contributed by atoms with Crippen LogP contribution < -0.4 is 26.2 Å². The molecule has 0 N–H and O–H groups in total. The lowest BCUT2D eigenvalue weighted by Crippen LogP contribution is -2.61. The third-order valence-electron chi connectivity index (χ3n) is 30.0. The van der Waals surface area contributed by atoms with E-state index in [4.69, 9.17) is 0 Å². The summed E-state index contributed by atoms with van der Waals surface area (Å²) in [5.41, 5.74) is 40.7. The second kappa shape index (κ2) is 31.1. The summed E-state index contributed by atoms with van der Waals surface area (Å²) in [7, 11) is 0. The van der Waals surface area contributed by atoms with Gasteiger partial charge in [0.05, 0.1) is 55.5 Å². The van der Waals surface area contributed by atoms with Gasteiger partial charge in [-0.2, -0.15) is 0 Å². The molecule has 0 unspecified atom stereocenters.